The molecule has 0 radical (unpaired) electrons. The minimum absolute atomic E-state index is 0.0580. The van der Waals surface area contributed by atoms with Crippen molar-refractivity contribution in [2.75, 3.05) is 20.1 Å². The first-order valence-corrected chi connectivity index (χ1v) is 9.24. The van der Waals surface area contributed by atoms with Crippen molar-refractivity contribution in [1.29, 1.82) is 0 Å². The number of nitrogens with zero attached hydrogens (tertiary/aromatic N) is 3. The first kappa shape index (κ1) is 17.2. The Balaban J connectivity index is 1.32. The van der Waals surface area contributed by atoms with Gasteiger partial charge in [-0.15, -0.1) is 0 Å². The van der Waals surface area contributed by atoms with Gasteiger partial charge in [0, 0.05) is 19.8 Å². The summed E-state index contributed by atoms with van der Waals surface area (Å²) in [6.45, 7) is 3.20. The molecule has 0 aliphatic carbocycles. The quantitative estimate of drug-likeness (QED) is 0.824. The standard InChI is InChI=1S/C20H25N3O3/c1-22(12-16-5-2-3-8-21-16)20(24)18-11-15-7-9-23(14-19(15)26-18)13-17-6-4-10-25-17/h2-6,8,10,15,18-19H,7,9,11-14H2,1H3/t15-,18-,19+/m0/s1. The van der Waals surface area contributed by atoms with Crippen molar-refractivity contribution in [3.63, 3.8) is 0 Å². The van der Waals surface area contributed by atoms with Crippen LogP contribution in [0.15, 0.2) is 47.2 Å². The number of fused-ring (bicyclic) bond motifs is 1. The average molecular weight is 355 g/mol. The van der Waals surface area contributed by atoms with Gasteiger partial charge in [0.25, 0.3) is 5.91 Å². The molecule has 138 valence electrons. The second-order valence-corrected chi connectivity index (χ2v) is 7.28. The molecule has 2 aliphatic rings. The number of carbonyl (C=O) groups excluding carboxylic acids is 1. The van der Waals surface area contributed by atoms with Crippen molar-refractivity contribution in [3.05, 3.63) is 54.2 Å². The summed E-state index contributed by atoms with van der Waals surface area (Å²) in [5.74, 6) is 1.51. The van der Waals surface area contributed by atoms with Crippen LogP contribution < -0.4 is 0 Å². The smallest absolute Gasteiger partial charge is 0.251 e. The number of pyridine rings is 1. The van der Waals surface area contributed by atoms with Gasteiger partial charge < -0.3 is 14.1 Å². The molecule has 3 atom stereocenters. The lowest BCUT2D eigenvalue weighted by Gasteiger charge is -2.33. The lowest BCUT2D eigenvalue weighted by molar-refractivity contribution is -0.143. The molecule has 2 aromatic rings. The highest BCUT2D eigenvalue weighted by molar-refractivity contribution is 5.81. The Labute approximate surface area is 153 Å². The summed E-state index contributed by atoms with van der Waals surface area (Å²) in [5.41, 5.74) is 0.892. The van der Waals surface area contributed by atoms with Crippen LogP contribution in [-0.4, -0.2) is 53.0 Å². The number of aromatic nitrogens is 1. The average Bonchev–Trinajstić information content (AvgIpc) is 3.31. The Hall–Kier alpha value is -2.18. The van der Waals surface area contributed by atoms with Crippen molar-refractivity contribution >= 4 is 5.91 Å². The van der Waals surface area contributed by atoms with Crippen molar-refractivity contribution in [3.8, 4) is 0 Å². The fourth-order valence-corrected chi connectivity index (χ4v) is 3.98. The van der Waals surface area contributed by atoms with Crippen LogP contribution in [0.25, 0.3) is 0 Å². The van der Waals surface area contributed by atoms with Gasteiger partial charge in [-0.3, -0.25) is 14.7 Å². The predicted molar refractivity (Wildman–Crippen MR) is 96.1 cm³/mol. The van der Waals surface area contributed by atoms with Gasteiger partial charge in [0.2, 0.25) is 0 Å². The maximum absolute atomic E-state index is 12.8. The Morgan fingerprint density at radius 3 is 3.04 bits per heavy atom. The molecule has 1 amide bonds. The summed E-state index contributed by atoms with van der Waals surface area (Å²) < 4.78 is 11.6. The van der Waals surface area contributed by atoms with Crippen LogP contribution in [0.4, 0.5) is 0 Å². The van der Waals surface area contributed by atoms with Crippen molar-refractivity contribution in [2.24, 2.45) is 5.92 Å². The van der Waals surface area contributed by atoms with Crippen LogP contribution in [0.3, 0.4) is 0 Å². The van der Waals surface area contributed by atoms with E-state index in [0.717, 1.165) is 43.9 Å². The molecule has 2 saturated heterocycles. The molecular weight excluding hydrogens is 330 g/mol. The maximum Gasteiger partial charge on any atom is 0.251 e. The lowest BCUT2D eigenvalue weighted by Crippen LogP contribution is -2.42. The molecule has 0 unspecified atom stereocenters. The van der Waals surface area contributed by atoms with E-state index in [0.29, 0.717) is 12.5 Å². The molecule has 0 bridgehead atoms. The molecule has 0 aromatic carbocycles. The number of rotatable bonds is 5. The summed E-state index contributed by atoms with van der Waals surface area (Å²) in [7, 11) is 1.82. The number of likely N-dealkylation sites (N-methyl/N-ethyl adjacent to an activating group) is 1. The Morgan fingerprint density at radius 2 is 2.27 bits per heavy atom. The summed E-state index contributed by atoms with van der Waals surface area (Å²) in [6.07, 6.45) is 5.16. The number of hydrogen-bond acceptors (Lipinski definition) is 5. The first-order chi connectivity index (χ1) is 12.7. The minimum atomic E-state index is -0.331. The molecule has 6 heteroatoms. The molecule has 2 fully saturated rings. The normalized spacial score (nSPS) is 25.8. The van der Waals surface area contributed by atoms with E-state index >= 15 is 0 Å². The summed E-state index contributed by atoms with van der Waals surface area (Å²) in [5, 5.41) is 0. The zero-order chi connectivity index (χ0) is 17.9. The van der Waals surface area contributed by atoms with Crippen LogP contribution in [0.1, 0.15) is 24.3 Å². The Morgan fingerprint density at radius 1 is 1.35 bits per heavy atom. The van der Waals surface area contributed by atoms with Gasteiger partial charge in [-0.2, -0.15) is 0 Å². The highest BCUT2D eigenvalue weighted by Crippen LogP contribution is 2.34. The molecular formula is C20H25N3O3. The van der Waals surface area contributed by atoms with E-state index in [2.05, 4.69) is 9.88 Å². The molecule has 0 spiro atoms. The third-order valence-electron chi connectivity index (χ3n) is 5.37. The van der Waals surface area contributed by atoms with E-state index in [1.807, 2.05) is 37.4 Å². The van der Waals surface area contributed by atoms with E-state index in [1.54, 1.807) is 17.4 Å². The van der Waals surface area contributed by atoms with E-state index in [4.69, 9.17) is 9.15 Å². The fraction of sp³-hybridized carbons (Fsp3) is 0.500. The number of piperidine rings is 1. The first-order valence-electron chi connectivity index (χ1n) is 9.24. The highest BCUT2D eigenvalue weighted by Gasteiger charge is 2.42. The van der Waals surface area contributed by atoms with Crippen LogP contribution in [0.2, 0.25) is 0 Å². The molecule has 2 aliphatic heterocycles. The molecule has 6 nitrogen and oxygen atoms in total. The SMILES string of the molecule is CN(Cc1ccccn1)C(=O)[C@@H]1C[C@@H]2CCN(Cc3ccco3)C[C@H]2O1. The monoisotopic (exact) mass is 355 g/mol. The van der Waals surface area contributed by atoms with E-state index < -0.39 is 0 Å². The van der Waals surface area contributed by atoms with E-state index in [1.165, 1.54) is 0 Å². The topological polar surface area (TPSA) is 58.8 Å². The van der Waals surface area contributed by atoms with Crippen LogP contribution in [0, 0.1) is 5.92 Å². The molecule has 26 heavy (non-hydrogen) atoms. The van der Waals surface area contributed by atoms with Gasteiger partial charge >= 0.3 is 0 Å². The van der Waals surface area contributed by atoms with Gasteiger partial charge in [0.1, 0.15) is 11.9 Å². The predicted octanol–water partition coefficient (Wildman–Crippen LogP) is 2.31. The molecule has 0 saturated carbocycles. The zero-order valence-corrected chi connectivity index (χ0v) is 15.1. The van der Waals surface area contributed by atoms with Crippen molar-refractivity contribution in [2.45, 2.75) is 38.1 Å². The zero-order valence-electron chi connectivity index (χ0n) is 15.1. The largest absolute Gasteiger partial charge is 0.468 e. The third kappa shape index (κ3) is 3.81. The van der Waals surface area contributed by atoms with E-state index in [-0.39, 0.29) is 18.1 Å². The van der Waals surface area contributed by atoms with Gasteiger partial charge in [-0.25, -0.2) is 0 Å². The molecule has 4 heterocycles. The summed E-state index contributed by atoms with van der Waals surface area (Å²) in [4.78, 5) is 21.1. The summed E-state index contributed by atoms with van der Waals surface area (Å²) in [6, 6.07) is 9.67. The number of furan rings is 1. The Kier molecular flexibility index (Phi) is 5.04. The highest BCUT2D eigenvalue weighted by atomic mass is 16.5. The van der Waals surface area contributed by atoms with Gasteiger partial charge in [-0.1, -0.05) is 6.07 Å². The van der Waals surface area contributed by atoms with Crippen molar-refractivity contribution in [1.82, 2.24) is 14.8 Å². The van der Waals surface area contributed by atoms with Gasteiger partial charge in [0.05, 0.1) is 31.2 Å². The minimum Gasteiger partial charge on any atom is -0.468 e. The number of likely N-dealkylation sites (tertiary alicyclic amines) is 1. The Bertz CT molecular complexity index is 719. The van der Waals surface area contributed by atoms with Gasteiger partial charge in [0.15, 0.2) is 0 Å². The van der Waals surface area contributed by atoms with E-state index in [9.17, 15) is 4.79 Å². The number of amides is 1. The van der Waals surface area contributed by atoms with Crippen LogP contribution in [0.5, 0.6) is 0 Å². The second kappa shape index (κ2) is 7.60. The van der Waals surface area contributed by atoms with Gasteiger partial charge in [-0.05, 0) is 49.6 Å². The third-order valence-corrected chi connectivity index (χ3v) is 5.37. The lowest BCUT2D eigenvalue weighted by atomic mass is 9.91. The number of ether oxygens (including phenoxy) is 1. The fourth-order valence-electron chi connectivity index (χ4n) is 3.98. The van der Waals surface area contributed by atoms with Crippen LogP contribution in [-0.2, 0) is 22.6 Å². The number of carbonyl (C=O) groups is 1. The molecule has 4 rings (SSSR count). The molecule has 0 N–H and O–H groups in total. The van der Waals surface area contributed by atoms with Crippen LogP contribution >= 0.6 is 0 Å². The maximum atomic E-state index is 12.8. The number of hydrogen-bond donors (Lipinski definition) is 0. The second-order valence-electron chi connectivity index (χ2n) is 7.28. The molecule has 2 aromatic heterocycles. The summed E-state index contributed by atoms with van der Waals surface area (Å²) >= 11 is 0. The van der Waals surface area contributed by atoms with Crippen molar-refractivity contribution < 1.29 is 13.9 Å².